The molecule has 0 aromatic heterocycles. The van der Waals surface area contributed by atoms with E-state index in [1.165, 1.54) is 17.7 Å². The Kier molecular flexibility index (Phi) is 8.24. The zero-order valence-electron chi connectivity index (χ0n) is 27.7. The number of benzene rings is 2. The number of quaternary nitrogens is 1. The van der Waals surface area contributed by atoms with Crippen molar-refractivity contribution in [2.24, 2.45) is 11.7 Å². The number of nitrogens with two attached hydrogens (primary N) is 1. The second kappa shape index (κ2) is 12.2. The van der Waals surface area contributed by atoms with E-state index in [1.54, 1.807) is 13.1 Å². The monoisotopic (exact) mass is 660 g/mol. The predicted octanol–water partition coefficient (Wildman–Crippen LogP) is 1.20. The molecule has 2 aliphatic heterocycles. The average Bonchev–Trinajstić information content (AvgIpc) is 3.80. The van der Waals surface area contributed by atoms with E-state index in [1.807, 2.05) is 36.4 Å². The number of ether oxygens (including phenoxy) is 2. The summed E-state index contributed by atoms with van der Waals surface area (Å²) in [5, 5.41) is 18.1. The first-order valence-corrected chi connectivity index (χ1v) is 17.2. The van der Waals surface area contributed by atoms with E-state index in [0.29, 0.717) is 30.9 Å². The Morgan fingerprint density at radius 1 is 1.17 bits per heavy atom. The van der Waals surface area contributed by atoms with E-state index in [0.717, 1.165) is 34.3 Å². The number of nitrogens with one attached hydrogen (secondary N) is 2. The number of likely N-dealkylation sites (tertiary alicyclic amines) is 1. The van der Waals surface area contributed by atoms with Crippen molar-refractivity contribution < 1.29 is 38.2 Å². The summed E-state index contributed by atoms with van der Waals surface area (Å²) < 4.78 is 13.1. The lowest BCUT2D eigenvalue weighted by Crippen LogP contribution is -2.80. The molecule has 12 heteroatoms. The van der Waals surface area contributed by atoms with Crippen molar-refractivity contribution in [3.05, 3.63) is 59.2 Å². The zero-order chi connectivity index (χ0) is 33.8. The van der Waals surface area contributed by atoms with Crippen molar-refractivity contribution in [3.63, 3.8) is 0 Å². The van der Waals surface area contributed by atoms with Crippen LogP contribution in [0.5, 0.6) is 11.5 Å². The highest BCUT2D eigenvalue weighted by Gasteiger charge is 2.76. The van der Waals surface area contributed by atoms with Crippen LogP contribution in [0.3, 0.4) is 0 Å². The van der Waals surface area contributed by atoms with Crippen LogP contribution in [0.2, 0.25) is 0 Å². The molecule has 12 nitrogen and oxygen atoms in total. The number of aliphatic hydroxyl groups is 1. The number of hydrogen-bond acceptors (Lipinski definition) is 8. The van der Waals surface area contributed by atoms with Crippen molar-refractivity contribution in [1.29, 1.82) is 0 Å². The fourth-order valence-electron chi connectivity index (χ4n) is 9.05. The van der Waals surface area contributed by atoms with Gasteiger partial charge >= 0.3 is 6.09 Å². The third kappa shape index (κ3) is 5.34. The second-order valence-corrected chi connectivity index (χ2v) is 14.7. The third-order valence-corrected chi connectivity index (χ3v) is 11.6. The summed E-state index contributed by atoms with van der Waals surface area (Å²) in [6.07, 6.45) is 3.30. The molecule has 3 fully saturated rings. The van der Waals surface area contributed by atoms with Gasteiger partial charge in [0.1, 0.15) is 17.7 Å². The van der Waals surface area contributed by atoms with Crippen LogP contribution in [0, 0.1) is 5.92 Å². The standard InChI is InChI=1S/C36H45N5O7/c1-40(16-15-38-33(44)25(39-29(43)20-37)18-22-6-4-3-5-7-22)34(45)47-27-11-10-24-19-28-36(46)13-12-26(42)32-35(36,30(24)31(27)48-32)14-17-41(28,2)21-23-8-9-23/h3-7,10-11,23,25,28,32,46H,8-9,12-21,37H2,1-2H3,(H-,38,39,43,44)/p+1/t25-,28?,32-,35-,36+,41-/m0/s1. The van der Waals surface area contributed by atoms with Gasteiger partial charge in [0.25, 0.3) is 0 Å². The van der Waals surface area contributed by atoms with E-state index < -0.39 is 41.1 Å². The Hall–Kier alpha value is -4.00. The molecule has 6 atom stereocenters. The number of Topliss-reactive ketones (excluding diaryl/α,β-unsaturated/α-hetero) is 1. The molecule has 2 bridgehead atoms. The minimum Gasteiger partial charge on any atom is -0.477 e. The summed E-state index contributed by atoms with van der Waals surface area (Å²) in [6.45, 7) is 1.92. The van der Waals surface area contributed by atoms with Crippen LogP contribution >= 0.6 is 0 Å². The van der Waals surface area contributed by atoms with E-state index in [2.05, 4.69) is 17.7 Å². The van der Waals surface area contributed by atoms with E-state index in [9.17, 15) is 24.3 Å². The number of amides is 3. The van der Waals surface area contributed by atoms with Crippen molar-refractivity contribution >= 4 is 23.7 Å². The molecular formula is C36H46N5O7+. The lowest BCUT2D eigenvalue weighted by Gasteiger charge is -2.64. The molecule has 3 amide bonds. The summed E-state index contributed by atoms with van der Waals surface area (Å²) in [4.78, 5) is 53.1. The molecule has 5 aliphatic rings. The van der Waals surface area contributed by atoms with Gasteiger partial charge in [-0.1, -0.05) is 36.4 Å². The molecule has 2 aromatic rings. The van der Waals surface area contributed by atoms with Gasteiger partial charge in [-0.25, -0.2) is 4.79 Å². The van der Waals surface area contributed by atoms with Crippen molar-refractivity contribution in [1.82, 2.24) is 15.5 Å². The minimum absolute atomic E-state index is 0.0147. The molecule has 256 valence electrons. The van der Waals surface area contributed by atoms with Crippen molar-refractivity contribution in [3.8, 4) is 11.5 Å². The molecule has 2 heterocycles. The maximum Gasteiger partial charge on any atom is 0.415 e. The molecule has 3 aliphatic carbocycles. The van der Waals surface area contributed by atoms with Gasteiger partial charge < -0.3 is 40.3 Å². The molecule has 1 spiro atoms. The Bertz CT molecular complexity index is 1630. The van der Waals surface area contributed by atoms with Gasteiger partial charge in [-0.2, -0.15) is 0 Å². The number of carbonyl (C=O) groups excluding carboxylic acids is 4. The number of carbonyl (C=O) groups is 4. The van der Waals surface area contributed by atoms with E-state index >= 15 is 0 Å². The molecular weight excluding hydrogens is 614 g/mol. The highest BCUT2D eigenvalue weighted by Crippen LogP contribution is 2.66. The zero-order valence-corrected chi connectivity index (χ0v) is 27.7. The number of nitrogens with zero attached hydrogens (tertiary/aromatic N) is 2. The molecule has 5 N–H and O–H groups in total. The van der Waals surface area contributed by atoms with Gasteiger partial charge in [0.15, 0.2) is 23.4 Å². The Balaban J connectivity index is 1.05. The Morgan fingerprint density at radius 2 is 1.94 bits per heavy atom. The SMILES string of the molecule is CN(CCNC(=O)[C@H](Cc1ccccc1)NC(=O)CN)C(=O)Oc1ccc2c3c1O[C@H]1C(=O)CC[C@@]4(O)C(C2)[N@+](C)(CC2CC2)CC[C@]314. The van der Waals surface area contributed by atoms with Crippen molar-refractivity contribution in [2.75, 3.05) is 46.8 Å². The number of piperidine rings is 1. The summed E-state index contributed by atoms with van der Waals surface area (Å²) >= 11 is 0. The quantitative estimate of drug-likeness (QED) is 0.262. The molecule has 2 saturated carbocycles. The fourth-order valence-corrected chi connectivity index (χ4v) is 9.05. The van der Waals surface area contributed by atoms with Gasteiger partial charge in [0.05, 0.1) is 32.1 Å². The van der Waals surface area contributed by atoms with Crippen LogP contribution in [0.4, 0.5) is 4.79 Å². The summed E-state index contributed by atoms with van der Waals surface area (Å²) in [5.74, 6) is 0.458. The van der Waals surface area contributed by atoms with Crippen LogP contribution in [0.25, 0.3) is 0 Å². The third-order valence-electron chi connectivity index (χ3n) is 11.6. The van der Waals surface area contributed by atoms with Gasteiger partial charge in [-0.3, -0.25) is 14.4 Å². The van der Waals surface area contributed by atoms with Gasteiger partial charge in [0.2, 0.25) is 11.8 Å². The molecule has 7 rings (SSSR count). The largest absolute Gasteiger partial charge is 0.477 e. The predicted molar refractivity (Wildman–Crippen MR) is 175 cm³/mol. The maximum absolute atomic E-state index is 13.4. The highest BCUT2D eigenvalue weighted by molar-refractivity contribution is 5.90. The van der Waals surface area contributed by atoms with E-state index in [4.69, 9.17) is 15.2 Å². The normalized spacial score (nSPS) is 30.0. The average molecular weight is 661 g/mol. The number of rotatable bonds is 11. The first-order chi connectivity index (χ1) is 23.0. The Labute approximate surface area is 280 Å². The summed E-state index contributed by atoms with van der Waals surface area (Å²) in [6, 6.07) is 12.2. The summed E-state index contributed by atoms with van der Waals surface area (Å²) in [5.41, 5.74) is 6.28. The number of likely N-dealkylation sites (N-methyl/N-ethyl adjacent to an activating group) is 2. The lowest BCUT2D eigenvalue weighted by molar-refractivity contribution is -0.950. The number of ketones is 1. The fraction of sp³-hybridized carbons (Fsp3) is 0.556. The van der Waals surface area contributed by atoms with Gasteiger partial charge in [0, 0.05) is 57.3 Å². The number of hydrogen-bond donors (Lipinski definition) is 4. The molecule has 48 heavy (non-hydrogen) atoms. The summed E-state index contributed by atoms with van der Waals surface area (Å²) in [7, 11) is 3.84. The minimum atomic E-state index is -1.09. The highest BCUT2D eigenvalue weighted by atomic mass is 16.6. The van der Waals surface area contributed by atoms with Crippen LogP contribution in [0.15, 0.2) is 42.5 Å². The maximum atomic E-state index is 13.4. The van der Waals surface area contributed by atoms with Crippen LogP contribution in [-0.2, 0) is 32.6 Å². The topological polar surface area (TPSA) is 160 Å². The van der Waals surface area contributed by atoms with Crippen molar-refractivity contribution in [2.45, 2.75) is 74.1 Å². The van der Waals surface area contributed by atoms with E-state index in [-0.39, 0.29) is 50.1 Å². The van der Waals surface area contributed by atoms with Crippen LogP contribution in [0.1, 0.15) is 48.8 Å². The second-order valence-electron chi connectivity index (χ2n) is 14.7. The first-order valence-electron chi connectivity index (χ1n) is 17.2. The molecule has 1 unspecified atom stereocenters. The lowest BCUT2D eigenvalue weighted by atomic mass is 9.48. The van der Waals surface area contributed by atoms with Crippen LogP contribution < -0.4 is 25.8 Å². The first kappa shape index (κ1) is 32.5. The van der Waals surface area contributed by atoms with Gasteiger partial charge in [-0.15, -0.1) is 0 Å². The molecule has 1 saturated heterocycles. The smallest absolute Gasteiger partial charge is 0.415 e. The van der Waals surface area contributed by atoms with Gasteiger partial charge in [-0.05, 0) is 36.5 Å². The molecule has 2 aromatic carbocycles. The van der Waals surface area contributed by atoms with Crippen LogP contribution in [-0.4, -0.2) is 109 Å². The molecule has 0 radical (unpaired) electrons. The Morgan fingerprint density at radius 3 is 2.67 bits per heavy atom.